The zero-order chi connectivity index (χ0) is 13.6. The van der Waals surface area contributed by atoms with Crippen molar-refractivity contribution < 1.29 is 19.4 Å². The standard InChI is InChI=1S/C14H20O4/c1-11(16)18-8-7-14(2,10-15)12-5-4-6-13(9-12)17-3/h4-6,9,15H,7-8,10H2,1-3H3/t14-/m0/s1. The summed E-state index contributed by atoms with van der Waals surface area (Å²) in [4.78, 5) is 10.8. The van der Waals surface area contributed by atoms with Gasteiger partial charge >= 0.3 is 5.97 Å². The summed E-state index contributed by atoms with van der Waals surface area (Å²) >= 11 is 0. The van der Waals surface area contributed by atoms with Crippen molar-refractivity contribution in [1.82, 2.24) is 0 Å². The fraction of sp³-hybridized carbons (Fsp3) is 0.500. The van der Waals surface area contributed by atoms with Gasteiger partial charge in [-0.25, -0.2) is 0 Å². The molecular formula is C14H20O4. The van der Waals surface area contributed by atoms with E-state index in [9.17, 15) is 9.90 Å². The van der Waals surface area contributed by atoms with E-state index in [0.717, 1.165) is 11.3 Å². The molecule has 4 nitrogen and oxygen atoms in total. The van der Waals surface area contributed by atoms with Gasteiger partial charge in [0.1, 0.15) is 5.75 Å². The molecule has 0 radical (unpaired) electrons. The van der Waals surface area contributed by atoms with E-state index in [-0.39, 0.29) is 12.6 Å². The number of benzene rings is 1. The zero-order valence-corrected chi connectivity index (χ0v) is 11.1. The van der Waals surface area contributed by atoms with E-state index >= 15 is 0 Å². The summed E-state index contributed by atoms with van der Waals surface area (Å²) in [6.07, 6.45) is 0.566. The zero-order valence-electron chi connectivity index (χ0n) is 11.1. The molecule has 0 aliphatic heterocycles. The van der Waals surface area contributed by atoms with Crippen LogP contribution in [-0.2, 0) is 14.9 Å². The van der Waals surface area contributed by atoms with Gasteiger partial charge in [-0.05, 0) is 24.1 Å². The summed E-state index contributed by atoms with van der Waals surface area (Å²) < 4.78 is 10.1. The van der Waals surface area contributed by atoms with Gasteiger partial charge in [-0.15, -0.1) is 0 Å². The van der Waals surface area contributed by atoms with Gasteiger partial charge < -0.3 is 14.6 Å². The average molecular weight is 252 g/mol. The highest BCUT2D eigenvalue weighted by molar-refractivity contribution is 5.65. The highest BCUT2D eigenvalue weighted by Crippen LogP contribution is 2.29. The molecule has 1 atom stereocenters. The maximum atomic E-state index is 10.8. The number of carbonyl (C=O) groups excluding carboxylic acids is 1. The molecule has 0 saturated carbocycles. The fourth-order valence-electron chi connectivity index (χ4n) is 1.73. The van der Waals surface area contributed by atoms with Crippen molar-refractivity contribution in [2.24, 2.45) is 0 Å². The van der Waals surface area contributed by atoms with Crippen molar-refractivity contribution >= 4 is 5.97 Å². The molecule has 1 aromatic carbocycles. The summed E-state index contributed by atoms with van der Waals surface area (Å²) in [6.45, 7) is 3.60. The van der Waals surface area contributed by atoms with Crippen molar-refractivity contribution in [2.45, 2.75) is 25.7 Å². The molecule has 0 aliphatic carbocycles. The van der Waals surface area contributed by atoms with Gasteiger partial charge in [0, 0.05) is 12.3 Å². The number of aliphatic hydroxyl groups excluding tert-OH is 1. The van der Waals surface area contributed by atoms with Crippen LogP contribution < -0.4 is 4.74 Å². The molecule has 1 N–H and O–H groups in total. The highest BCUT2D eigenvalue weighted by atomic mass is 16.5. The lowest BCUT2D eigenvalue weighted by atomic mass is 9.80. The van der Waals surface area contributed by atoms with E-state index in [0.29, 0.717) is 13.0 Å². The molecule has 1 rings (SSSR count). The van der Waals surface area contributed by atoms with Gasteiger partial charge in [0.15, 0.2) is 0 Å². The van der Waals surface area contributed by atoms with Crippen LogP contribution in [0.15, 0.2) is 24.3 Å². The Morgan fingerprint density at radius 3 is 2.72 bits per heavy atom. The third-order valence-corrected chi connectivity index (χ3v) is 3.07. The van der Waals surface area contributed by atoms with Gasteiger partial charge in [0.2, 0.25) is 0 Å². The number of rotatable bonds is 6. The third kappa shape index (κ3) is 3.74. The number of aliphatic hydroxyl groups is 1. The second kappa shape index (κ2) is 6.40. The quantitative estimate of drug-likeness (QED) is 0.786. The van der Waals surface area contributed by atoms with E-state index < -0.39 is 5.41 Å². The highest BCUT2D eigenvalue weighted by Gasteiger charge is 2.26. The molecule has 18 heavy (non-hydrogen) atoms. The normalized spacial score (nSPS) is 13.8. The molecule has 0 spiro atoms. The van der Waals surface area contributed by atoms with Crippen molar-refractivity contribution in [3.8, 4) is 5.75 Å². The Balaban J connectivity index is 2.81. The Bertz CT molecular complexity index is 403. The van der Waals surface area contributed by atoms with Crippen LogP contribution in [0.3, 0.4) is 0 Å². The number of hydrogen-bond acceptors (Lipinski definition) is 4. The Hall–Kier alpha value is -1.55. The Labute approximate surface area is 108 Å². The van der Waals surface area contributed by atoms with Crippen LogP contribution in [0.5, 0.6) is 5.75 Å². The first-order chi connectivity index (χ1) is 8.51. The van der Waals surface area contributed by atoms with Gasteiger partial charge in [-0.1, -0.05) is 19.1 Å². The van der Waals surface area contributed by atoms with Crippen LogP contribution in [0.2, 0.25) is 0 Å². The van der Waals surface area contributed by atoms with Gasteiger partial charge in [-0.3, -0.25) is 4.79 Å². The summed E-state index contributed by atoms with van der Waals surface area (Å²) in [5.41, 5.74) is 0.528. The molecule has 0 bridgehead atoms. The smallest absolute Gasteiger partial charge is 0.302 e. The van der Waals surface area contributed by atoms with E-state index in [1.165, 1.54) is 6.92 Å². The summed E-state index contributed by atoms with van der Waals surface area (Å²) in [7, 11) is 1.61. The predicted octanol–water partition coefficient (Wildman–Crippen LogP) is 1.90. The van der Waals surface area contributed by atoms with E-state index in [2.05, 4.69) is 0 Å². The molecule has 1 aromatic rings. The predicted molar refractivity (Wildman–Crippen MR) is 68.7 cm³/mol. The number of carbonyl (C=O) groups is 1. The average Bonchev–Trinajstić information content (AvgIpc) is 2.38. The third-order valence-electron chi connectivity index (χ3n) is 3.07. The summed E-state index contributed by atoms with van der Waals surface area (Å²) in [5.74, 6) is 0.445. The number of methoxy groups -OCH3 is 1. The molecule has 100 valence electrons. The molecule has 0 unspecified atom stereocenters. The van der Waals surface area contributed by atoms with Crippen molar-refractivity contribution in [2.75, 3.05) is 20.3 Å². The van der Waals surface area contributed by atoms with E-state index in [4.69, 9.17) is 9.47 Å². The molecule has 0 fully saturated rings. The molecule has 0 aliphatic rings. The second-order valence-corrected chi connectivity index (χ2v) is 4.54. The van der Waals surface area contributed by atoms with Crippen molar-refractivity contribution in [3.63, 3.8) is 0 Å². The second-order valence-electron chi connectivity index (χ2n) is 4.54. The largest absolute Gasteiger partial charge is 0.497 e. The maximum Gasteiger partial charge on any atom is 0.302 e. The molecule has 0 saturated heterocycles. The van der Waals surface area contributed by atoms with Crippen LogP contribution in [-0.4, -0.2) is 31.4 Å². The fourth-order valence-corrected chi connectivity index (χ4v) is 1.73. The summed E-state index contributed by atoms with van der Waals surface area (Å²) in [5, 5.41) is 9.59. The number of hydrogen-bond donors (Lipinski definition) is 1. The van der Waals surface area contributed by atoms with Gasteiger partial charge in [0.25, 0.3) is 0 Å². The first kappa shape index (κ1) is 14.5. The topological polar surface area (TPSA) is 55.8 Å². The van der Waals surface area contributed by atoms with Gasteiger partial charge in [0.05, 0.1) is 20.3 Å². The lowest BCUT2D eigenvalue weighted by Crippen LogP contribution is -2.28. The van der Waals surface area contributed by atoms with Crippen molar-refractivity contribution in [3.05, 3.63) is 29.8 Å². The minimum Gasteiger partial charge on any atom is -0.497 e. The molecule has 0 aromatic heterocycles. The number of ether oxygens (including phenoxy) is 2. The molecular weight excluding hydrogens is 232 g/mol. The lowest BCUT2D eigenvalue weighted by Gasteiger charge is -2.28. The Morgan fingerprint density at radius 1 is 1.44 bits per heavy atom. The monoisotopic (exact) mass is 252 g/mol. The number of esters is 1. The minimum atomic E-state index is -0.440. The van der Waals surface area contributed by atoms with Crippen LogP contribution >= 0.6 is 0 Å². The summed E-state index contributed by atoms with van der Waals surface area (Å²) in [6, 6.07) is 7.57. The van der Waals surface area contributed by atoms with Crippen LogP contribution in [0.25, 0.3) is 0 Å². The van der Waals surface area contributed by atoms with Crippen LogP contribution in [0.1, 0.15) is 25.8 Å². The minimum absolute atomic E-state index is 0.0125. The molecule has 0 heterocycles. The maximum absolute atomic E-state index is 10.8. The SMILES string of the molecule is COc1cccc([C@](C)(CO)CCOC(C)=O)c1. The van der Waals surface area contributed by atoms with E-state index in [1.54, 1.807) is 7.11 Å². The molecule has 0 amide bonds. The molecule has 4 heteroatoms. The van der Waals surface area contributed by atoms with Crippen molar-refractivity contribution in [1.29, 1.82) is 0 Å². The van der Waals surface area contributed by atoms with E-state index in [1.807, 2.05) is 31.2 Å². The lowest BCUT2D eigenvalue weighted by molar-refractivity contribution is -0.141. The Kier molecular flexibility index (Phi) is 5.16. The first-order valence-corrected chi connectivity index (χ1v) is 5.90. The van der Waals surface area contributed by atoms with Gasteiger partial charge in [-0.2, -0.15) is 0 Å². The first-order valence-electron chi connectivity index (χ1n) is 5.90. The Morgan fingerprint density at radius 2 is 2.17 bits per heavy atom. The van der Waals surface area contributed by atoms with Crippen LogP contribution in [0, 0.1) is 0 Å². The van der Waals surface area contributed by atoms with Crippen LogP contribution in [0.4, 0.5) is 0 Å².